The van der Waals surface area contributed by atoms with Crippen LogP contribution >= 0.6 is 0 Å². The quantitative estimate of drug-likeness (QED) is 0.861. The molecule has 2 aromatic heterocycles. The van der Waals surface area contributed by atoms with Gasteiger partial charge in [-0.15, -0.1) is 0 Å². The molecule has 17 heavy (non-hydrogen) atoms. The van der Waals surface area contributed by atoms with Crippen LogP contribution in [0.4, 0.5) is 5.82 Å². The molecule has 1 atom stereocenters. The lowest BCUT2D eigenvalue weighted by atomic mass is 10.1. The third kappa shape index (κ3) is 1.98. The van der Waals surface area contributed by atoms with E-state index < -0.39 is 0 Å². The van der Waals surface area contributed by atoms with Gasteiger partial charge in [0, 0.05) is 0 Å². The number of nitrogens with two attached hydrogens (primary N) is 1. The second-order valence-electron chi connectivity index (χ2n) is 4.00. The SMILES string of the molecule is CCCC(C(C)=O)n1cnc2c(N)ncnc21. The van der Waals surface area contributed by atoms with Crippen molar-refractivity contribution in [3.63, 3.8) is 0 Å². The van der Waals surface area contributed by atoms with Gasteiger partial charge in [0.05, 0.1) is 12.4 Å². The van der Waals surface area contributed by atoms with Crippen molar-refractivity contribution in [1.82, 2.24) is 19.5 Å². The molecule has 6 heteroatoms. The summed E-state index contributed by atoms with van der Waals surface area (Å²) in [6.45, 7) is 3.62. The Morgan fingerprint density at radius 3 is 2.88 bits per heavy atom. The van der Waals surface area contributed by atoms with Crippen molar-refractivity contribution in [1.29, 1.82) is 0 Å². The number of nitrogens with zero attached hydrogens (tertiary/aromatic N) is 4. The van der Waals surface area contributed by atoms with Crippen LogP contribution in [0.5, 0.6) is 0 Å². The molecular weight excluding hydrogens is 218 g/mol. The van der Waals surface area contributed by atoms with Gasteiger partial charge >= 0.3 is 0 Å². The maximum atomic E-state index is 11.6. The fourth-order valence-electron chi connectivity index (χ4n) is 1.91. The molecule has 0 aliphatic carbocycles. The van der Waals surface area contributed by atoms with E-state index in [-0.39, 0.29) is 11.8 Å². The largest absolute Gasteiger partial charge is 0.382 e. The summed E-state index contributed by atoms with van der Waals surface area (Å²) in [5, 5.41) is 0. The summed E-state index contributed by atoms with van der Waals surface area (Å²) in [7, 11) is 0. The van der Waals surface area contributed by atoms with Crippen molar-refractivity contribution in [2.45, 2.75) is 32.7 Å². The lowest BCUT2D eigenvalue weighted by Crippen LogP contribution is -2.16. The number of rotatable bonds is 4. The van der Waals surface area contributed by atoms with E-state index in [1.54, 1.807) is 17.8 Å². The van der Waals surface area contributed by atoms with Crippen LogP contribution in [0.15, 0.2) is 12.7 Å². The summed E-state index contributed by atoms with van der Waals surface area (Å²) in [5.41, 5.74) is 6.88. The van der Waals surface area contributed by atoms with Crippen molar-refractivity contribution < 1.29 is 4.79 Å². The van der Waals surface area contributed by atoms with Gasteiger partial charge < -0.3 is 10.3 Å². The highest BCUT2D eigenvalue weighted by molar-refractivity contribution is 5.85. The highest BCUT2D eigenvalue weighted by atomic mass is 16.1. The summed E-state index contributed by atoms with van der Waals surface area (Å²) in [6.07, 6.45) is 4.69. The Morgan fingerprint density at radius 1 is 1.47 bits per heavy atom. The summed E-state index contributed by atoms with van der Waals surface area (Å²) in [5.74, 6) is 0.441. The van der Waals surface area contributed by atoms with Gasteiger partial charge in [-0.3, -0.25) is 4.79 Å². The lowest BCUT2D eigenvalue weighted by molar-refractivity contribution is -0.120. The Labute approximate surface area is 98.9 Å². The zero-order valence-corrected chi connectivity index (χ0v) is 9.92. The number of carbonyl (C=O) groups excluding carboxylic acids is 1. The molecule has 0 radical (unpaired) electrons. The smallest absolute Gasteiger partial charge is 0.166 e. The molecule has 0 fully saturated rings. The van der Waals surface area contributed by atoms with Gasteiger partial charge in [0.15, 0.2) is 17.2 Å². The van der Waals surface area contributed by atoms with Crippen molar-refractivity contribution in [2.75, 3.05) is 5.73 Å². The van der Waals surface area contributed by atoms with Crippen molar-refractivity contribution in [3.05, 3.63) is 12.7 Å². The molecule has 0 spiro atoms. The van der Waals surface area contributed by atoms with Crippen LogP contribution in [0.1, 0.15) is 32.7 Å². The number of carbonyl (C=O) groups is 1. The van der Waals surface area contributed by atoms with Crippen molar-refractivity contribution in [2.24, 2.45) is 0 Å². The minimum absolute atomic E-state index is 0.100. The van der Waals surface area contributed by atoms with E-state index in [1.165, 1.54) is 6.33 Å². The predicted octanol–water partition coefficient (Wildman–Crippen LogP) is 1.34. The Balaban J connectivity index is 2.54. The number of nitrogen functional groups attached to an aromatic ring is 1. The van der Waals surface area contributed by atoms with Crippen LogP contribution in [0.3, 0.4) is 0 Å². The topological polar surface area (TPSA) is 86.7 Å². The third-order valence-electron chi connectivity index (χ3n) is 2.75. The first-order valence-electron chi connectivity index (χ1n) is 5.58. The van der Waals surface area contributed by atoms with E-state index >= 15 is 0 Å². The molecule has 2 heterocycles. The van der Waals surface area contributed by atoms with Gasteiger partial charge in [-0.25, -0.2) is 15.0 Å². The summed E-state index contributed by atoms with van der Waals surface area (Å²) >= 11 is 0. The van der Waals surface area contributed by atoms with Crippen LogP contribution in [0, 0.1) is 0 Å². The van der Waals surface area contributed by atoms with E-state index in [4.69, 9.17) is 5.73 Å². The summed E-state index contributed by atoms with van der Waals surface area (Å²) in [4.78, 5) is 23.8. The molecule has 2 N–H and O–H groups in total. The minimum Gasteiger partial charge on any atom is -0.382 e. The average Bonchev–Trinajstić information content (AvgIpc) is 2.70. The second kappa shape index (κ2) is 4.48. The Hall–Kier alpha value is -1.98. The van der Waals surface area contributed by atoms with E-state index in [1.807, 2.05) is 6.92 Å². The molecule has 0 aromatic carbocycles. The van der Waals surface area contributed by atoms with Crippen LogP contribution in [0.25, 0.3) is 11.2 Å². The molecule has 0 aliphatic heterocycles. The number of aromatic nitrogens is 4. The Morgan fingerprint density at radius 2 is 2.24 bits per heavy atom. The Bertz CT molecular complexity index is 548. The zero-order chi connectivity index (χ0) is 12.4. The molecule has 0 saturated heterocycles. The van der Waals surface area contributed by atoms with E-state index in [9.17, 15) is 4.79 Å². The van der Waals surface area contributed by atoms with Gasteiger partial charge in [-0.05, 0) is 13.3 Å². The summed E-state index contributed by atoms with van der Waals surface area (Å²) < 4.78 is 1.78. The number of hydrogen-bond acceptors (Lipinski definition) is 5. The molecule has 2 aromatic rings. The van der Waals surface area contributed by atoms with Gasteiger partial charge in [0.25, 0.3) is 0 Å². The van der Waals surface area contributed by atoms with Crippen molar-refractivity contribution >= 4 is 22.8 Å². The van der Waals surface area contributed by atoms with Gasteiger partial charge in [-0.2, -0.15) is 0 Å². The molecule has 90 valence electrons. The van der Waals surface area contributed by atoms with Crippen molar-refractivity contribution in [3.8, 4) is 0 Å². The maximum absolute atomic E-state index is 11.6. The normalized spacial score (nSPS) is 12.8. The maximum Gasteiger partial charge on any atom is 0.166 e. The van der Waals surface area contributed by atoms with Gasteiger partial charge in [0.1, 0.15) is 11.8 Å². The number of hydrogen-bond donors (Lipinski definition) is 1. The van der Waals surface area contributed by atoms with Crippen LogP contribution < -0.4 is 5.73 Å². The zero-order valence-electron chi connectivity index (χ0n) is 9.92. The average molecular weight is 233 g/mol. The molecular formula is C11H15N5O. The molecule has 0 saturated carbocycles. The lowest BCUT2D eigenvalue weighted by Gasteiger charge is -2.14. The third-order valence-corrected chi connectivity index (χ3v) is 2.75. The fraction of sp³-hybridized carbons (Fsp3) is 0.455. The molecule has 0 bridgehead atoms. The standard InChI is InChI=1S/C11H15N5O/c1-3-4-8(7(2)17)16-6-15-9-10(12)13-5-14-11(9)16/h5-6,8H,3-4H2,1-2H3,(H2,12,13,14). The number of ketones is 1. The number of fused-ring (bicyclic) bond motifs is 1. The van der Waals surface area contributed by atoms with E-state index in [2.05, 4.69) is 15.0 Å². The molecule has 0 aliphatic rings. The van der Waals surface area contributed by atoms with Gasteiger partial charge in [0.2, 0.25) is 0 Å². The number of Topliss-reactive ketones (excluding diaryl/α,β-unsaturated/α-hetero) is 1. The highest BCUT2D eigenvalue weighted by Gasteiger charge is 2.19. The monoisotopic (exact) mass is 233 g/mol. The summed E-state index contributed by atoms with van der Waals surface area (Å²) in [6, 6.07) is -0.223. The Kier molecular flexibility index (Phi) is 3.03. The number of anilines is 1. The number of imidazole rings is 1. The van der Waals surface area contributed by atoms with E-state index in [0.29, 0.717) is 17.0 Å². The van der Waals surface area contributed by atoms with Crippen LogP contribution in [-0.2, 0) is 4.79 Å². The minimum atomic E-state index is -0.223. The fourth-order valence-corrected chi connectivity index (χ4v) is 1.91. The molecule has 6 nitrogen and oxygen atoms in total. The highest BCUT2D eigenvalue weighted by Crippen LogP contribution is 2.22. The predicted molar refractivity (Wildman–Crippen MR) is 64.4 cm³/mol. The first-order valence-corrected chi connectivity index (χ1v) is 5.58. The molecule has 1 unspecified atom stereocenters. The first kappa shape index (κ1) is 11.5. The first-order chi connectivity index (χ1) is 8.15. The molecule has 0 amide bonds. The van der Waals surface area contributed by atoms with Crippen LogP contribution in [-0.4, -0.2) is 25.3 Å². The van der Waals surface area contributed by atoms with Crippen LogP contribution in [0.2, 0.25) is 0 Å². The second-order valence-corrected chi connectivity index (χ2v) is 4.00. The van der Waals surface area contributed by atoms with Gasteiger partial charge in [-0.1, -0.05) is 13.3 Å². The molecule has 2 rings (SSSR count). The van der Waals surface area contributed by atoms with E-state index in [0.717, 1.165) is 12.8 Å².